The van der Waals surface area contributed by atoms with E-state index in [9.17, 15) is 13.2 Å². The molecule has 0 atom stereocenters. The van der Waals surface area contributed by atoms with Gasteiger partial charge in [0.15, 0.2) is 5.11 Å². The Morgan fingerprint density at radius 1 is 1.16 bits per heavy atom. The van der Waals surface area contributed by atoms with E-state index in [0.717, 1.165) is 28.2 Å². The molecule has 25 heavy (non-hydrogen) atoms. The summed E-state index contributed by atoms with van der Waals surface area (Å²) in [5.74, 6) is -0.498. The lowest BCUT2D eigenvalue weighted by Crippen LogP contribution is -2.43. The van der Waals surface area contributed by atoms with E-state index >= 15 is 0 Å². The molecule has 10 heteroatoms. The first-order valence-corrected chi connectivity index (χ1v) is 9.93. The number of rotatable bonds is 3. The van der Waals surface area contributed by atoms with Crippen LogP contribution in [0.15, 0.2) is 28.5 Å². The molecular formula is C15H18N4O3S3. The van der Waals surface area contributed by atoms with Crippen molar-refractivity contribution in [2.75, 3.05) is 5.32 Å². The average molecular weight is 399 g/mol. The molecule has 7 nitrogen and oxygen atoms in total. The molecule has 2 aromatic rings. The van der Waals surface area contributed by atoms with E-state index in [4.69, 9.17) is 17.4 Å². The smallest absolute Gasteiger partial charge is 0.280 e. The van der Waals surface area contributed by atoms with Crippen molar-refractivity contribution >= 4 is 50.3 Å². The number of thiocarbonyl (C=S) groups is 1. The van der Waals surface area contributed by atoms with Gasteiger partial charge in [0.2, 0.25) is 10.0 Å². The molecule has 0 unspecified atom stereocenters. The lowest BCUT2D eigenvalue weighted by molar-refractivity contribution is 0.0947. The van der Waals surface area contributed by atoms with Crippen LogP contribution in [0, 0.1) is 20.8 Å². The summed E-state index contributed by atoms with van der Waals surface area (Å²) in [7, 11) is -3.84. The van der Waals surface area contributed by atoms with Crippen LogP contribution in [0.1, 0.15) is 26.4 Å². The number of carbonyl (C=O) groups excluding carboxylic acids is 1. The Morgan fingerprint density at radius 2 is 1.84 bits per heavy atom. The monoisotopic (exact) mass is 398 g/mol. The standard InChI is InChI=1S/C15H18N4O3S3/c1-8-5-4-6-11(10(8)3)17-15(23)19-18-14(20)13-9(2)7-12(24-13)25(16,21)22/h4-7H,1-3H3,(H,18,20)(H2,16,21,22)(H2,17,19,23). The number of hydrazine groups is 1. The first kappa shape index (κ1) is 19.3. The van der Waals surface area contributed by atoms with Crippen molar-refractivity contribution in [2.45, 2.75) is 25.0 Å². The van der Waals surface area contributed by atoms with E-state index in [-0.39, 0.29) is 14.2 Å². The molecule has 0 fully saturated rings. The van der Waals surface area contributed by atoms with Gasteiger partial charge in [-0.1, -0.05) is 12.1 Å². The fraction of sp³-hybridized carbons (Fsp3) is 0.200. The summed E-state index contributed by atoms with van der Waals surface area (Å²) in [5, 5.41) is 8.28. The van der Waals surface area contributed by atoms with E-state index in [1.54, 1.807) is 6.92 Å². The summed E-state index contributed by atoms with van der Waals surface area (Å²) in [6, 6.07) is 7.12. The van der Waals surface area contributed by atoms with Crippen LogP contribution in [0.3, 0.4) is 0 Å². The van der Waals surface area contributed by atoms with Crippen molar-refractivity contribution in [2.24, 2.45) is 5.14 Å². The normalized spacial score (nSPS) is 11.0. The highest BCUT2D eigenvalue weighted by Gasteiger charge is 2.19. The molecule has 0 spiro atoms. The highest BCUT2D eigenvalue weighted by atomic mass is 32.2. The zero-order valence-electron chi connectivity index (χ0n) is 13.8. The number of primary sulfonamides is 1. The number of anilines is 1. The molecule has 0 saturated heterocycles. The highest BCUT2D eigenvalue weighted by Crippen LogP contribution is 2.24. The van der Waals surface area contributed by atoms with Crippen LogP contribution < -0.4 is 21.3 Å². The predicted molar refractivity (Wildman–Crippen MR) is 103 cm³/mol. The van der Waals surface area contributed by atoms with Gasteiger partial charge in [-0.05, 0) is 61.8 Å². The average Bonchev–Trinajstić information content (AvgIpc) is 2.92. The summed E-state index contributed by atoms with van der Waals surface area (Å²) < 4.78 is 22.7. The van der Waals surface area contributed by atoms with Gasteiger partial charge < -0.3 is 5.32 Å². The van der Waals surface area contributed by atoms with Crippen molar-refractivity contribution < 1.29 is 13.2 Å². The maximum atomic E-state index is 12.2. The SMILES string of the molecule is Cc1cc(S(N)(=O)=O)sc1C(=O)NNC(=S)Nc1cccc(C)c1C. The number of thiophene rings is 1. The van der Waals surface area contributed by atoms with E-state index in [2.05, 4.69) is 16.2 Å². The summed E-state index contributed by atoms with van der Waals surface area (Å²) in [5.41, 5.74) is 8.54. The summed E-state index contributed by atoms with van der Waals surface area (Å²) in [4.78, 5) is 12.4. The summed E-state index contributed by atoms with van der Waals surface area (Å²) in [6.07, 6.45) is 0. The third kappa shape index (κ3) is 4.75. The summed E-state index contributed by atoms with van der Waals surface area (Å²) >= 11 is 5.96. The molecular weight excluding hydrogens is 380 g/mol. The largest absolute Gasteiger partial charge is 0.331 e. The first-order chi connectivity index (χ1) is 11.6. The fourth-order valence-corrected chi connectivity index (χ4v) is 4.05. The lowest BCUT2D eigenvalue weighted by atomic mass is 10.1. The Kier molecular flexibility index (Phi) is 5.78. The van der Waals surface area contributed by atoms with Crippen LogP contribution in [0.2, 0.25) is 0 Å². The number of amides is 1. The first-order valence-electron chi connectivity index (χ1n) is 7.16. The summed E-state index contributed by atoms with van der Waals surface area (Å²) in [6.45, 7) is 5.58. The topological polar surface area (TPSA) is 113 Å². The molecule has 1 amide bonds. The van der Waals surface area contributed by atoms with Gasteiger partial charge in [-0.15, -0.1) is 11.3 Å². The third-order valence-electron chi connectivity index (χ3n) is 3.52. The Morgan fingerprint density at radius 3 is 2.44 bits per heavy atom. The number of benzene rings is 1. The number of nitrogens with one attached hydrogen (secondary N) is 3. The van der Waals surface area contributed by atoms with Crippen LogP contribution in [0.25, 0.3) is 0 Å². The van der Waals surface area contributed by atoms with Gasteiger partial charge in [0.05, 0.1) is 4.88 Å². The van der Waals surface area contributed by atoms with Gasteiger partial charge in [0, 0.05) is 5.69 Å². The van der Waals surface area contributed by atoms with Crippen molar-refractivity contribution in [3.8, 4) is 0 Å². The van der Waals surface area contributed by atoms with Crippen molar-refractivity contribution in [3.63, 3.8) is 0 Å². The molecule has 0 bridgehead atoms. The van der Waals surface area contributed by atoms with Gasteiger partial charge in [-0.3, -0.25) is 15.6 Å². The van der Waals surface area contributed by atoms with Gasteiger partial charge in [0.25, 0.3) is 5.91 Å². The van der Waals surface area contributed by atoms with E-state index in [0.29, 0.717) is 5.56 Å². The maximum Gasteiger partial charge on any atom is 0.280 e. The lowest BCUT2D eigenvalue weighted by Gasteiger charge is -2.14. The zero-order valence-corrected chi connectivity index (χ0v) is 16.3. The Hall–Kier alpha value is -2.01. The quantitative estimate of drug-likeness (QED) is 0.464. The Bertz CT molecular complexity index is 935. The Labute approximate surface area is 155 Å². The van der Waals surface area contributed by atoms with Crippen LogP contribution in [0.4, 0.5) is 5.69 Å². The zero-order chi connectivity index (χ0) is 18.8. The number of sulfonamides is 1. The number of nitrogens with two attached hydrogens (primary N) is 1. The second-order valence-corrected chi connectivity index (χ2v) is 8.65. The Balaban J connectivity index is 2.01. The van der Waals surface area contributed by atoms with Crippen LogP contribution in [0.5, 0.6) is 0 Å². The molecule has 5 N–H and O–H groups in total. The minimum absolute atomic E-state index is 0.0637. The molecule has 1 aromatic carbocycles. The van der Waals surface area contributed by atoms with Crippen molar-refractivity contribution in [1.29, 1.82) is 0 Å². The van der Waals surface area contributed by atoms with E-state index in [1.807, 2.05) is 32.0 Å². The van der Waals surface area contributed by atoms with E-state index < -0.39 is 15.9 Å². The van der Waals surface area contributed by atoms with Crippen LogP contribution >= 0.6 is 23.6 Å². The molecule has 0 aliphatic carbocycles. The second kappa shape index (κ2) is 7.48. The molecule has 2 rings (SSSR count). The van der Waals surface area contributed by atoms with Gasteiger partial charge in [-0.2, -0.15) is 0 Å². The van der Waals surface area contributed by atoms with E-state index in [1.165, 1.54) is 6.07 Å². The molecule has 134 valence electrons. The van der Waals surface area contributed by atoms with Gasteiger partial charge in [0.1, 0.15) is 4.21 Å². The van der Waals surface area contributed by atoms with Crippen molar-refractivity contribution in [3.05, 3.63) is 45.8 Å². The maximum absolute atomic E-state index is 12.2. The molecule has 1 aromatic heterocycles. The van der Waals surface area contributed by atoms with Gasteiger partial charge in [-0.25, -0.2) is 13.6 Å². The number of hydrogen-bond acceptors (Lipinski definition) is 5. The minimum Gasteiger partial charge on any atom is -0.331 e. The second-order valence-electron chi connectivity index (χ2n) is 5.40. The third-order valence-corrected chi connectivity index (χ3v) is 6.38. The van der Waals surface area contributed by atoms with Gasteiger partial charge >= 0.3 is 0 Å². The molecule has 1 heterocycles. The highest BCUT2D eigenvalue weighted by molar-refractivity contribution is 7.91. The van der Waals surface area contributed by atoms with Crippen molar-refractivity contribution in [1.82, 2.24) is 10.9 Å². The molecule has 0 aliphatic rings. The molecule has 0 saturated carbocycles. The van der Waals surface area contributed by atoms with Crippen LogP contribution in [-0.4, -0.2) is 19.4 Å². The molecule has 0 aliphatic heterocycles. The van der Waals surface area contributed by atoms with Crippen LogP contribution in [-0.2, 0) is 10.0 Å². The number of hydrogen-bond donors (Lipinski definition) is 4. The number of aryl methyl sites for hydroxylation is 2. The number of carbonyl (C=O) groups is 1. The predicted octanol–water partition coefficient (Wildman–Crippen LogP) is 1.95. The fourth-order valence-electron chi connectivity index (χ4n) is 2.03. The minimum atomic E-state index is -3.84. The molecule has 0 radical (unpaired) electrons.